The molecule has 1 amide bonds. The van der Waals surface area contributed by atoms with E-state index >= 15 is 0 Å². The van der Waals surface area contributed by atoms with Crippen molar-refractivity contribution in [3.63, 3.8) is 0 Å². The molecule has 1 saturated carbocycles. The summed E-state index contributed by atoms with van der Waals surface area (Å²) in [6.45, 7) is 2.01. The molecule has 0 bridgehead atoms. The second-order valence-electron chi connectivity index (χ2n) is 6.12. The number of non-ortho nitro benzene ring substituents is 1. The largest absolute Gasteiger partial charge is 0.345 e. The van der Waals surface area contributed by atoms with Crippen LogP contribution in [0.4, 0.5) is 5.69 Å². The van der Waals surface area contributed by atoms with Gasteiger partial charge in [0.05, 0.1) is 21.6 Å². The molecule has 0 heterocycles. The lowest BCUT2D eigenvalue weighted by Gasteiger charge is -2.19. The van der Waals surface area contributed by atoms with E-state index in [9.17, 15) is 14.9 Å². The molecule has 0 aliphatic heterocycles. The Balaban J connectivity index is 1.85. The first-order valence-corrected chi connectivity index (χ1v) is 8.15. The third kappa shape index (κ3) is 3.57. The Kier molecular flexibility index (Phi) is 4.53. The lowest BCUT2D eigenvalue weighted by molar-refractivity contribution is -0.384. The number of rotatable bonds is 5. The van der Waals surface area contributed by atoms with Crippen molar-refractivity contribution in [3.8, 4) is 0 Å². The van der Waals surface area contributed by atoms with Gasteiger partial charge in [0.15, 0.2) is 0 Å². The summed E-state index contributed by atoms with van der Waals surface area (Å²) in [5.41, 5.74) is 2.17. The number of nitro benzene ring substituents is 1. The average molecular weight is 345 g/mol. The normalized spacial score (nSPS) is 14.9. The number of aryl methyl sites for hydroxylation is 1. The van der Waals surface area contributed by atoms with E-state index in [0.29, 0.717) is 5.92 Å². The predicted molar refractivity (Wildman–Crippen MR) is 92.2 cm³/mol. The van der Waals surface area contributed by atoms with Gasteiger partial charge in [0.1, 0.15) is 0 Å². The van der Waals surface area contributed by atoms with Crippen molar-refractivity contribution in [2.75, 3.05) is 0 Å². The van der Waals surface area contributed by atoms with Gasteiger partial charge in [-0.1, -0.05) is 41.4 Å². The number of hydrogen-bond donors (Lipinski definition) is 1. The van der Waals surface area contributed by atoms with Crippen LogP contribution in [0.5, 0.6) is 0 Å². The highest BCUT2D eigenvalue weighted by molar-refractivity contribution is 6.34. The van der Waals surface area contributed by atoms with E-state index in [1.807, 2.05) is 31.2 Å². The van der Waals surface area contributed by atoms with Crippen LogP contribution in [0.25, 0.3) is 0 Å². The van der Waals surface area contributed by atoms with E-state index in [-0.39, 0.29) is 28.2 Å². The summed E-state index contributed by atoms with van der Waals surface area (Å²) < 4.78 is 0. The van der Waals surface area contributed by atoms with Crippen molar-refractivity contribution in [1.29, 1.82) is 0 Å². The van der Waals surface area contributed by atoms with E-state index in [1.165, 1.54) is 18.2 Å². The maximum atomic E-state index is 12.6. The molecule has 1 aliphatic carbocycles. The van der Waals surface area contributed by atoms with E-state index in [4.69, 9.17) is 11.6 Å². The molecule has 5 nitrogen and oxygen atoms in total. The van der Waals surface area contributed by atoms with Crippen molar-refractivity contribution < 1.29 is 9.72 Å². The molecule has 24 heavy (non-hydrogen) atoms. The number of halogens is 1. The van der Waals surface area contributed by atoms with Crippen LogP contribution in [0.1, 0.15) is 40.4 Å². The molecule has 1 unspecified atom stereocenters. The Hall–Kier alpha value is -2.40. The second kappa shape index (κ2) is 6.61. The van der Waals surface area contributed by atoms with Crippen molar-refractivity contribution in [3.05, 3.63) is 74.3 Å². The molecule has 2 aromatic rings. The first-order chi connectivity index (χ1) is 11.5. The fraction of sp³-hybridized carbons (Fsp3) is 0.278. The Morgan fingerprint density at radius 3 is 2.50 bits per heavy atom. The van der Waals surface area contributed by atoms with Crippen molar-refractivity contribution in [2.24, 2.45) is 5.92 Å². The average Bonchev–Trinajstić information content (AvgIpc) is 3.38. The van der Waals surface area contributed by atoms with Gasteiger partial charge in [0.25, 0.3) is 11.6 Å². The zero-order chi connectivity index (χ0) is 17.3. The van der Waals surface area contributed by atoms with Gasteiger partial charge < -0.3 is 5.32 Å². The summed E-state index contributed by atoms with van der Waals surface area (Å²) in [6.07, 6.45) is 2.11. The van der Waals surface area contributed by atoms with E-state index in [0.717, 1.165) is 24.0 Å². The lowest BCUT2D eigenvalue weighted by Crippen LogP contribution is -2.30. The van der Waals surface area contributed by atoms with Gasteiger partial charge in [-0.15, -0.1) is 0 Å². The van der Waals surface area contributed by atoms with Crippen molar-refractivity contribution in [2.45, 2.75) is 25.8 Å². The lowest BCUT2D eigenvalue weighted by atomic mass is 10.0. The number of nitrogens with one attached hydrogen (secondary N) is 1. The highest BCUT2D eigenvalue weighted by atomic mass is 35.5. The van der Waals surface area contributed by atoms with Crippen LogP contribution in [-0.2, 0) is 0 Å². The monoisotopic (exact) mass is 344 g/mol. The summed E-state index contributed by atoms with van der Waals surface area (Å²) in [6, 6.07) is 11.8. The first-order valence-electron chi connectivity index (χ1n) is 7.77. The highest BCUT2D eigenvalue weighted by Crippen LogP contribution is 2.41. The van der Waals surface area contributed by atoms with Crippen LogP contribution in [0.15, 0.2) is 42.5 Å². The maximum absolute atomic E-state index is 12.6. The predicted octanol–water partition coefficient (Wildman–Crippen LogP) is 4.44. The van der Waals surface area contributed by atoms with E-state index in [1.54, 1.807) is 0 Å². The zero-order valence-corrected chi connectivity index (χ0v) is 13.9. The van der Waals surface area contributed by atoms with E-state index < -0.39 is 4.92 Å². The Labute approximate surface area is 144 Å². The molecule has 1 atom stereocenters. The second-order valence-corrected chi connectivity index (χ2v) is 6.53. The third-order valence-electron chi connectivity index (χ3n) is 4.22. The van der Waals surface area contributed by atoms with Gasteiger partial charge in [-0.25, -0.2) is 0 Å². The molecule has 0 aromatic heterocycles. The number of nitro groups is 1. The minimum absolute atomic E-state index is 0.103. The number of benzene rings is 2. The Bertz CT molecular complexity index is 785. The maximum Gasteiger partial charge on any atom is 0.270 e. The van der Waals surface area contributed by atoms with Gasteiger partial charge in [0, 0.05) is 12.1 Å². The zero-order valence-electron chi connectivity index (χ0n) is 13.2. The molecular weight excluding hydrogens is 328 g/mol. The van der Waals surface area contributed by atoms with Gasteiger partial charge >= 0.3 is 0 Å². The number of amides is 1. The molecular formula is C18H17ClN2O3. The van der Waals surface area contributed by atoms with Crippen LogP contribution in [0.2, 0.25) is 5.02 Å². The van der Waals surface area contributed by atoms with Crippen LogP contribution in [0.3, 0.4) is 0 Å². The van der Waals surface area contributed by atoms with Crippen LogP contribution < -0.4 is 5.32 Å². The molecule has 2 aromatic carbocycles. The molecule has 3 rings (SSSR count). The molecule has 1 fully saturated rings. The quantitative estimate of drug-likeness (QED) is 0.643. The van der Waals surface area contributed by atoms with Crippen LogP contribution in [-0.4, -0.2) is 10.8 Å². The molecule has 0 saturated heterocycles. The van der Waals surface area contributed by atoms with Gasteiger partial charge in [-0.05, 0) is 37.3 Å². The summed E-state index contributed by atoms with van der Waals surface area (Å²) in [4.78, 5) is 23.0. The topological polar surface area (TPSA) is 72.2 Å². The number of carbonyl (C=O) groups is 1. The molecule has 124 valence electrons. The van der Waals surface area contributed by atoms with Crippen molar-refractivity contribution in [1.82, 2.24) is 5.32 Å². The summed E-state index contributed by atoms with van der Waals surface area (Å²) >= 11 is 6.06. The fourth-order valence-corrected chi connectivity index (χ4v) is 2.90. The SMILES string of the molecule is Cc1ccc(C(NC(=O)c2cc([N+](=O)[O-])ccc2Cl)C2CC2)cc1. The third-order valence-corrected chi connectivity index (χ3v) is 4.55. The van der Waals surface area contributed by atoms with Gasteiger partial charge in [-0.3, -0.25) is 14.9 Å². The molecule has 0 radical (unpaired) electrons. The minimum atomic E-state index is -0.536. The Morgan fingerprint density at radius 2 is 1.92 bits per heavy atom. The molecule has 1 aliphatic rings. The van der Waals surface area contributed by atoms with Crippen molar-refractivity contribution >= 4 is 23.2 Å². The summed E-state index contributed by atoms with van der Waals surface area (Å²) in [5, 5.41) is 14.1. The number of hydrogen-bond acceptors (Lipinski definition) is 3. The van der Waals surface area contributed by atoms with Crippen LogP contribution >= 0.6 is 11.6 Å². The summed E-state index contributed by atoms with van der Waals surface area (Å²) in [7, 11) is 0. The summed E-state index contributed by atoms with van der Waals surface area (Å²) in [5.74, 6) is 0.00954. The smallest absolute Gasteiger partial charge is 0.270 e. The van der Waals surface area contributed by atoms with Gasteiger partial charge in [-0.2, -0.15) is 0 Å². The van der Waals surface area contributed by atoms with Gasteiger partial charge in [0.2, 0.25) is 0 Å². The molecule has 1 N–H and O–H groups in total. The molecule has 0 spiro atoms. The number of nitrogens with zero attached hydrogens (tertiary/aromatic N) is 1. The fourth-order valence-electron chi connectivity index (χ4n) is 2.70. The minimum Gasteiger partial charge on any atom is -0.345 e. The van der Waals surface area contributed by atoms with E-state index in [2.05, 4.69) is 5.32 Å². The first kappa shape index (κ1) is 16.5. The highest BCUT2D eigenvalue weighted by Gasteiger charge is 2.34. The number of carbonyl (C=O) groups excluding carboxylic acids is 1. The van der Waals surface area contributed by atoms with Crippen LogP contribution in [0, 0.1) is 23.0 Å². The molecule has 6 heteroatoms. The standard InChI is InChI=1S/C18H17ClN2O3/c1-11-2-4-12(5-3-11)17(13-6-7-13)20-18(22)15-10-14(21(23)24)8-9-16(15)19/h2-5,8-10,13,17H,6-7H2,1H3,(H,20,22). The Morgan fingerprint density at radius 1 is 1.25 bits per heavy atom.